The van der Waals surface area contributed by atoms with Crippen molar-refractivity contribution in [3.05, 3.63) is 70.2 Å². The first kappa shape index (κ1) is 18.7. The summed E-state index contributed by atoms with van der Waals surface area (Å²) in [5, 5.41) is 2.76. The lowest BCUT2D eigenvalue weighted by molar-refractivity contribution is 0.0971. The molecule has 0 aliphatic rings. The Bertz CT molecular complexity index is 1010. The van der Waals surface area contributed by atoms with Crippen molar-refractivity contribution in [1.29, 1.82) is 0 Å². The summed E-state index contributed by atoms with van der Waals surface area (Å²) < 4.78 is 7.49. The molecule has 1 aromatic heterocycles. The highest BCUT2D eigenvalue weighted by atomic mass is 79.9. The molecule has 0 radical (unpaired) electrons. The van der Waals surface area contributed by atoms with Crippen molar-refractivity contribution in [2.24, 2.45) is 5.73 Å². The first-order valence-corrected chi connectivity index (χ1v) is 8.79. The van der Waals surface area contributed by atoms with Crippen LogP contribution in [0.15, 0.2) is 53.3 Å². The Morgan fingerprint density at radius 2 is 1.89 bits per heavy atom. The molecular weight excluding hydrogens is 412 g/mol. The van der Waals surface area contributed by atoms with Gasteiger partial charge in [0.2, 0.25) is 0 Å². The van der Waals surface area contributed by atoms with E-state index in [4.69, 9.17) is 10.5 Å². The van der Waals surface area contributed by atoms with Gasteiger partial charge >= 0.3 is 0 Å². The monoisotopic (exact) mass is 428 g/mol. The molecule has 7 nitrogen and oxygen atoms in total. The first-order chi connectivity index (χ1) is 12.9. The average molecular weight is 429 g/mol. The first-order valence-electron chi connectivity index (χ1n) is 7.99. The van der Waals surface area contributed by atoms with E-state index in [9.17, 15) is 9.59 Å². The molecule has 0 spiro atoms. The lowest BCUT2D eigenvalue weighted by atomic mass is 10.2. The quantitative estimate of drug-likeness (QED) is 0.650. The molecule has 0 bridgehead atoms. The number of nitrogens with two attached hydrogens (primary N) is 1. The number of amides is 2. The van der Waals surface area contributed by atoms with Crippen LogP contribution < -0.4 is 15.8 Å². The van der Waals surface area contributed by atoms with E-state index in [2.05, 4.69) is 26.2 Å². The number of nitrogens with one attached hydrogen (secondary N) is 1. The minimum Gasteiger partial charge on any atom is -0.497 e. The predicted molar refractivity (Wildman–Crippen MR) is 105 cm³/mol. The highest BCUT2D eigenvalue weighted by molar-refractivity contribution is 9.10. The molecule has 0 atom stereocenters. The van der Waals surface area contributed by atoms with Crippen molar-refractivity contribution in [3.63, 3.8) is 0 Å². The number of aromatic nitrogens is 2. The highest BCUT2D eigenvalue weighted by Crippen LogP contribution is 2.24. The van der Waals surface area contributed by atoms with E-state index in [1.165, 1.54) is 6.33 Å². The number of ether oxygens (including phenoxy) is 1. The van der Waals surface area contributed by atoms with Crippen molar-refractivity contribution in [3.8, 4) is 11.4 Å². The fourth-order valence-electron chi connectivity index (χ4n) is 2.64. The molecule has 138 valence electrons. The molecule has 8 heteroatoms. The van der Waals surface area contributed by atoms with Gasteiger partial charge in [-0.3, -0.25) is 14.2 Å². The van der Waals surface area contributed by atoms with E-state index in [1.54, 1.807) is 35.9 Å². The summed E-state index contributed by atoms with van der Waals surface area (Å²) >= 11 is 3.42. The Morgan fingerprint density at radius 3 is 2.52 bits per heavy atom. The molecule has 0 saturated carbocycles. The molecule has 0 fully saturated rings. The predicted octanol–water partition coefficient (Wildman–Crippen LogP) is 3.30. The number of carbonyl (C=O) groups is 2. The zero-order valence-electron chi connectivity index (χ0n) is 14.7. The van der Waals surface area contributed by atoms with Crippen LogP contribution in [0, 0.1) is 6.92 Å². The van der Waals surface area contributed by atoms with Crippen LogP contribution in [-0.2, 0) is 0 Å². The molecule has 3 aromatic rings. The molecule has 2 amide bonds. The van der Waals surface area contributed by atoms with Crippen LogP contribution in [0.4, 0.5) is 5.69 Å². The summed E-state index contributed by atoms with van der Waals surface area (Å²) in [6, 6.07) is 12.5. The van der Waals surface area contributed by atoms with Crippen LogP contribution in [-0.4, -0.2) is 28.5 Å². The third-order valence-electron chi connectivity index (χ3n) is 3.99. The second kappa shape index (κ2) is 7.63. The van der Waals surface area contributed by atoms with Gasteiger partial charge in [0.05, 0.1) is 12.8 Å². The lowest BCUT2D eigenvalue weighted by Gasteiger charge is -2.13. The van der Waals surface area contributed by atoms with Gasteiger partial charge in [-0.2, -0.15) is 0 Å². The summed E-state index contributed by atoms with van der Waals surface area (Å²) in [5.41, 5.74) is 7.57. The number of hydrogen-bond acceptors (Lipinski definition) is 4. The molecule has 3 rings (SSSR count). The van der Waals surface area contributed by atoms with Gasteiger partial charge in [-0.15, -0.1) is 0 Å². The van der Waals surface area contributed by atoms with Crippen molar-refractivity contribution in [2.45, 2.75) is 6.92 Å². The molecule has 1 heterocycles. The second-order valence-electron chi connectivity index (χ2n) is 5.79. The van der Waals surface area contributed by atoms with Gasteiger partial charge in [0.1, 0.15) is 17.8 Å². The zero-order valence-corrected chi connectivity index (χ0v) is 16.3. The zero-order chi connectivity index (χ0) is 19.6. The number of carbonyl (C=O) groups excluding carboxylic acids is 2. The van der Waals surface area contributed by atoms with Gasteiger partial charge in [-0.05, 0) is 48.9 Å². The highest BCUT2D eigenvalue weighted by Gasteiger charge is 2.24. The standard InChI is InChI=1S/C19H17BrN4O3/c1-11-3-4-12(20)9-15(11)24-10-22-16(18(21)25)17(24)19(26)23-13-5-7-14(27-2)8-6-13/h3-10H,1-2H3,(H2,21,25)(H,23,26). The normalized spacial score (nSPS) is 10.5. The molecule has 27 heavy (non-hydrogen) atoms. The van der Waals surface area contributed by atoms with Gasteiger partial charge in [-0.1, -0.05) is 22.0 Å². The average Bonchev–Trinajstić information content (AvgIpc) is 3.09. The van der Waals surface area contributed by atoms with E-state index in [0.29, 0.717) is 17.1 Å². The lowest BCUT2D eigenvalue weighted by Crippen LogP contribution is -2.23. The summed E-state index contributed by atoms with van der Waals surface area (Å²) in [4.78, 5) is 28.8. The summed E-state index contributed by atoms with van der Waals surface area (Å²) in [5.74, 6) is -0.604. The molecule has 0 unspecified atom stereocenters. The molecule has 3 N–H and O–H groups in total. The van der Waals surface area contributed by atoms with Gasteiger partial charge < -0.3 is 15.8 Å². The maximum absolute atomic E-state index is 12.9. The minimum absolute atomic E-state index is 0.0690. The number of aryl methyl sites for hydroxylation is 1. The van der Waals surface area contributed by atoms with E-state index < -0.39 is 11.8 Å². The fraction of sp³-hybridized carbons (Fsp3) is 0.105. The number of methoxy groups -OCH3 is 1. The van der Waals surface area contributed by atoms with E-state index in [-0.39, 0.29) is 11.4 Å². The van der Waals surface area contributed by atoms with Crippen molar-refractivity contribution < 1.29 is 14.3 Å². The van der Waals surface area contributed by atoms with Crippen LogP contribution in [0.3, 0.4) is 0 Å². The van der Waals surface area contributed by atoms with Gasteiger partial charge in [0.25, 0.3) is 11.8 Å². The van der Waals surface area contributed by atoms with Crippen LogP contribution >= 0.6 is 15.9 Å². The number of nitrogens with zero attached hydrogens (tertiary/aromatic N) is 2. The molecule has 0 aliphatic carbocycles. The fourth-order valence-corrected chi connectivity index (χ4v) is 2.98. The SMILES string of the molecule is COc1ccc(NC(=O)c2c(C(N)=O)ncn2-c2cc(Br)ccc2C)cc1. The van der Waals surface area contributed by atoms with Crippen LogP contribution in [0.2, 0.25) is 0 Å². The van der Waals surface area contributed by atoms with Gasteiger partial charge in [-0.25, -0.2) is 4.98 Å². The third kappa shape index (κ3) is 3.85. The number of imidazole rings is 1. The number of anilines is 1. The molecule has 2 aromatic carbocycles. The maximum atomic E-state index is 12.9. The summed E-state index contributed by atoms with van der Waals surface area (Å²) in [7, 11) is 1.56. The van der Waals surface area contributed by atoms with Gasteiger partial charge in [0, 0.05) is 10.2 Å². The Kier molecular flexibility index (Phi) is 5.27. The van der Waals surface area contributed by atoms with E-state index in [0.717, 1.165) is 10.0 Å². The summed E-state index contributed by atoms with van der Waals surface area (Å²) in [6.45, 7) is 1.90. The number of benzene rings is 2. The minimum atomic E-state index is -0.777. The Labute approximate surface area is 164 Å². The largest absolute Gasteiger partial charge is 0.497 e. The molecule has 0 aliphatic heterocycles. The van der Waals surface area contributed by atoms with Crippen LogP contribution in [0.25, 0.3) is 5.69 Å². The van der Waals surface area contributed by atoms with Crippen LogP contribution in [0.1, 0.15) is 26.5 Å². The van der Waals surface area contributed by atoms with Crippen molar-refractivity contribution in [2.75, 3.05) is 12.4 Å². The van der Waals surface area contributed by atoms with Crippen molar-refractivity contribution in [1.82, 2.24) is 9.55 Å². The number of halogens is 1. The number of rotatable bonds is 5. The maximum Gasteiger partial charge on any atom is 0.275 e. The van der Waals surface area contributed by atoms with Gasteiger partial charge in [0.15, 0.2) is 5.69 Å². The van der Waals surface area contributed by atoms with Crippen LogP contribution in [0.5, 0.6) is 5.75 Å². The molecular formula is C19H17BrN4O3. The Hall–Kier alpha value is -3.13. The van der Waals surface area contributed by atoms with E-state index in [1.807, 2.05) is 25.1 Å². The van der Waals surface area contributed by atoms with Crippen molar-refractivity contribution >= 4 is 33.4 Å². The Morgan fingerprint density at radius 1 is 1.19 bits per heavy atom. The number of primary amides is 1. The smallest absolute Gasteiger partial charge is 0.275 e. The summed E-state index contributed by atoms with van der Waals surface area (Å²) in [6.07, 6.45) is 1.41. The molecule has 0 saturated heterocycles. The Balaban J connectivity index is 2.04. The van der Waals surface area contributed by atoms with E-state index >= 15 is 0 Å². The third-order valence-corrected chi connectivity index (χ3v) is 4.49. The number of hydrogen-bond donors (Lipinski definition) is 2. The topological polar surface area (TPSA) is 99.2 Å². The second-order valence-corrected chi connectivity index (χ2v) is 6.71.